The van der Waals surface area contributed by atoms with Crippen LogP contribution in [0.1, 0.15) is 38.3 Å². The molecule has 0 N–H and O–H groups in total. The van der Waals surface area contributed by atoms with Crippen molar-refractivity contribution in [3.05, 3.63) is 110 Å². The van der Waals surface area contributed by atoms with Gasteiger partial charge in [0.05, 0.1) is 22.9 Å². The van der Waals surface area contributed by atoms with Gasteiger partial charge in [0, 0.05) is 54.2 Å². The first-order valence-corrected chi connectivity index (χ1v) is 18.4. The number of sulfonamides is 1. The lowest BCUT2D eigenvalue weighted by molar-refractivity contribution is 0.0491. The Morgan fingerprint density at radius 2 is 1.70 bits per heavy atom. The van der Waals surface area contributed by atoms with Crippen LogP contribution in [0.15, 0.2) is 98.0 Å². The number of rotatable bonds is 10. The summed E-state index contributed by atoms with van der Waals surface area (Å²) in [5.74, 6) is -0.540. The Hall–Kier alpha value is -4.13. The quantitative estimate of drug-likeness (QED) is 0.141. The van der Waals surface area contributed by atoms with E-state index in [4.69, 9.17) is 9.15 Å². The molecule has 0 radical (unpaired) electrons. The Kier molecular flexibility index (Phi) is 9.72. The van der Waals surface area contributed by atoms with Crippen molar-refractivity contribution in [2.75, 3.05) is 48.5 Å². The Balaban J connectivity index is 1.33. The molecule has 0 atom stereocenters. The average molecular weight is 737 g/mol. The molecule has 3 heterocycles. The molecule has 5 aromatic rings. The van der Waals surface area contributed by atoms with E-state index in [1.165, 1.54) is 21.7 Å². The smallest absolute Gasteiger partial charge is 0.374 e. The first-order chi connectivity index (χ1) is 22.7. The summed E-state index contributed by atoms with van der Waals surface area (Å²) in [4.78, 5) is 30.3. The number of para-hydroxylation sites is 2. The van der Waals surface area contributed by atoms with Crippen LogP contribution in [0, 0.1) is 6.92 Å². The summed E-state index contributed by atoms with van der Waals surface area (Å²) in [5, 5.41) is 2.53. The highest BCUT2D eigenvalue weighted by atomic mass is 79.9. The standard InChI is InChI=1S/C35H34BrN3O6S2/c1-3-44-35(41)32-24(2)27-14-13-26(23-31(27)45-32)47(42,43)39(17-15-25-9-5-4-6-10-25)30-12-8-7-11-29(30)37-18-20-38(21-19-37)34(40)33-28(36)16-22-46-33/h4-14,16,22-23H,3,15,17-21H2,1-2H3. The molecule has 1 fully saturated rings. The number of amides is 1. The number of benzene rings is 3. The molecule has 1 saturated heterocycles. The van der Waals surface area contributed by atoms with Crippen molar-refractivity contribution in [1.29, 1.82) is 0 Å². The summed E-state index contributed by atoms with van der Waals surface area (Å²) in [6.45, 7) is 5.96. The van der Waals surface area contributed by atoms with Crippen LogP contribution in [0.3, 0.4) is 0 Å². The van der Waals surface area contributed by atoms with Crippen molar-refractivity contribution in [3.63, 3.8) is 0 Å². The number of fused-ring (bicyclic) bond motifs is 1. The number of carbonyl (C=O) groups is 2. The monoisotopic (exact) mass is 735 g/mol. The number of anilines is 2. The molecule has 1 amide bonds. The van der Waals surface area contributed by atoms with E-state index < -0.39 is 16.0 Å². The van der Waals surface area contributed by atoms with E-state index in [-0.39, 0.29) is 29.7 Å². The van der Waals surface area contributed by atoms with E-state index in [1.54, 1.807) is 26.0 Å². The third kappa shape index (κ3) is 6.67. The lowest BCUT2D eigenvalue weighted by Crippen LogP contribution is -2.49. The van der Waals surface area contributed by atoms with Gasteiger partial charge in [-0.3, -0.25) is 9.10 Å². The van der Waals surface area contributed by atoms with E-state index in [0.29, 0.717) is 59.7 Å². The minimum atomic E-state index is -4.11. The molecule has 0 aliphatic carbocycles. The minimum Gasteiger partial charge on any atom is -0.460 e. The van der Waals surface area contributed by atoms with Gasteiger partial charge in [-0.25, -0.2) is 13.2 Å². The normalized spacial score (nSPS) is 13.6. The van der Waals surface area contributed by atoms with E-state index in [2.05, 4.69) is 20.8 Å². The number of furan rings is 1. The summed E-state index contributed by atoms with van der Waals surface area (Å²) < 4.78 is 42.4. The second-order valence-electron chi connectivity index (χ2n) is 11.1. The van der Waals surface area contributed by atoms with Gasteiger partial charge in [0.2, 0.25) is 5.76 Å². The van der Waals surface area contributed by atoms with Crippen LogP contribution in [0.5, 0.6) is 0 Å². The van der Waals surface area contributed by atoms with E-state index in [9.17, 15) is 18.0 Å². The first kappa shape index (κ1) is 32.8. The molecular formula is C35H34BrN3O6S2. The predicted molar refractivity (Wildman–Crippen MR) is 188 cm³/mol. The summed E-state index contributed by atoms with van der Waals surface area (Å²) in [5.41, 5.74) is 3.22. The topological polar surface area (TPSA) is 100 Å². The highest BCUT2D eigenvalue weighted by Gasteiger charge is 2.31. The third-order valence-electron chi connectivity index (χ3n) is 8.27. The Bertz CT molecular complexity index is 2020. The van der Waals surface area contributed by atoms with Gasteiger partial charge in [-0.05, 0) is 77.5 Å². The van der Waals surface area contributed by atoms with Crippen molar-refractivity contribution in [2.45, 2.75) is 25.2 Å². The number of halogens is 1. The van der Waals surface area contributed by atoms with Gasteiger partial charge in [0.1, 0.15) is 10.5 Å². The van der Waals surface area contributed by atoms with Crippen LogP contribution < -0.4 is 9.21 Å². The molecule has 244 valence electrons. The molecular weight excluding hydrogens is 702 g/mol. The van der Waals surface area contributed by atoms with Crippen molar-refractivity contribution < 1.29 is 27.2 Å². The molecule has 1 aliphatic heterocycles. The largest absolute Gasteiger partial charge is 0.460 e. The van der Waals surface area contributed by atoms with Crippen LogP contribution in [-0.4, -0.2) is 64.5 Å². The molecule has 1 aliphatic rings. The van der Waals surface area contributed by atoms with Gasteiger partial charge in [0.25, 0.3) is 15.9 Å². The molecule has 12 heteroatoms. The third-order valence-corrected chi connectivity index (χ3v) is 11.9. The van der Waals surface area contributed by atoms with Gasteiger partial charge in [-0.15, -0.1) is 11.3 Å². The molecule has 6 rings (SSSR count). The molecule has 47 heavy (non-hydrogen) atoms. The lowest BCUT2D eigenvalue weighted by atomic mass is 10.1. The van der Waals surface area contributed by atoms with Crippen molar-refractivity contribution in [3.8, 4) is 0 Å². The van der Waals surface area contributed by atoms with Crippen molar-refractivity contribution in [2.24, 2.45) is 0 Å². The zero-order chi connectivity index (χ0) is 33.1. The lowest BCUT2D eigenvalue weighted by Gasteiger charge is -2.38. The van der Waals surface area contributed by atoms with Crippen LogP contribution >= 0.6 is 27.3 Å². The number of thiophene rings is 1. The summed E-state index contributed by atoms with van der Waals surface area (Å²) in [6.07, 6.45) is 0.488. The van der Waals surface area contributed by atoms with E-state index in [1.807, 2.05) is 70.9 Å². The summed E-state index contributed by atoms with van der Waals surface area (Å²) in [6, 6.07) is 23.8. The molecule has 0 bridgehead atoms. The van der Waals surface area contributed by atoms with Crippen molar-refractivity contribution >= 4 is 71.5 Å². The predicted octanol–water partition coefficient (Wildman–Crippen LogP) is 7.14. The highest BCUT2D eigenvalue weighted by Crippen LogP contribution is 2.36. The van der Waals surface area contributed by atoms with Gasteiger partial charge < -0.3 is 19.0 Å². The average Bonchev–Trinajstić information content (AvgIpc) is 3.67. The number of esters is 1. The zero-order valence-electron chi connectivity index (χ0n) is 26.0. The zero-order valence-corrected chi connectivity index (χ0v) is 29.2. The summed E-state index contributed by atoms with van der Waals surface area (Å²) in [7, 11) is -4.11. The number of ether oxygens (including phenoxy) is 1. The minimum absolute atomic E-state index is 0.0125. The maximum Gasteiger partial charge on any atom is 0.374 e. The van der Waals surface area contributed by atoms with E-state index in [0.717, 1.165) is 15.7 Å². The van der Waals surface area contributed by atoms with Gasteiger partial charge in [0.15, 0.2) is 0 Å². The number of aryl methyl sites for hydroxylation is 1. The number of hydrogen-bond donors (Lipinski definition) is 0. The number of hydrogen-bond acceptors (Lipinski definition) is 8. The molecule has 9 nitrogen and oxygen atoms in total. The van der Waals surface area contributed by atoms with Crippen LogP contribution in [0.4, 0.5) is 11.4 Å². The SMILES string of the molecule is CCOC(=O)c1oc2cc(S(=O)(=O)N(CCc3ccccc3)c3ccccc3N3CCN(C(=O)c4sccc4Br)CC3)ccc2c1C. The fourth-order valence-electron chi connectivity index (χ4n) is 5.81. The van der Waals surface area contributed by atoms with Crippen molar-refractivity contribution in [1.82, 2.24) is 4.90 Å². The van der Waals surface area contributed by atoms with Gasteiger partial charge >= 0.3 is 5.97 Å². The van der Waals surface area contributed by atoms with Crippen LogP contribution in [0.2, 0.25) is 0 Å². The van der Waals surface area contributed by atoms with Gasteiger partial charge in [-0.2, -0.15) is 0 Å². The molecule has 3 aromatic carbocycles. The first-order valence-electron chi connectivity index (χ1n) is 15.3. The van der Waals surface area contributed by atoms with Gasteiger partial charge in [-0.1, -0.05) is 42.5 Å². The maximum absolute atomic E-state index is 14.6. The Labute approximate surface area is 286 Å². The molecule has 0 spiro atoms. The number of nitrogens with zero attached hydrogens (tertiary/aromatic N) is 3. The number of piperazine rings is 1. The Morgan fingerprint density at radius 3 is 2.40 bits per heavy atom. The fraction of sp³-hybridized carbons (Fsp3) is 0.257. The van der Waals surface area contributed by atoms with Crippen LogP contribution in [-0.2, 0) is 21.2 Å². The van der Waals surface area contributed by atoms with Crippen LogP contribution in [0.25, 0.3) is 11.0 Å². The molecule has 0 saturated carbocycles. The maximum atomic E-state index is 14.6. The number of carbonyl (C=O) groups excluding carboxylic acids is 2. The van der Waals surface area contributed by atoms with E-state index >= 15 is 0 Å². The molecule has 2 aromatic heterocycles. The Morgan fingerprint density at radius 1 is 0.979 bits per heavy atom. The second-order valence-corrected chi connectivity index (χ2v) is 14.7. The fourth-order valence-corrected chi connectivity index (χ4v) is 8.82. The summed E-state index contributed by atoms with van der Waals surface area (Å²) >= 11 is 4.88. The second kappa shape index (κ2) is 13.9. The highest BCUT2D eigenvalue weighted by molar-refractivity contribution is 9.10. The molecule has 0 unspecified atom stereocenters.